The molecule has 2 rings (SSSR count). The molecule has 0 saturated carbocycles. The minimum atomic E-state index is -1.55. The Morgan fingerprint density at radius 3 is 2.33 bits per heavy atom. The van der Waals surface area contributed by atoms with Crippen LogP contribution in [0, 0.1) is 11.3 Å². The molecule has 2 aromatic rings. The first-order chi connectivity index (χ1) is 7.24. The van der Waals surface area contributed by atoms with E-state index in [0.29, 0.717) is 16.4 Å². The number of nitriles is 1. The number of hydrogen-bond donors (Lipinski definition) is 2. The lowest BCUT2D eigenvalue weighted by molar-refractivity contribution is 0.426. The SMILES string of the molecule is N#Cc1cccc2cccc(B(O)O)c12. The van der Waals surface area contributed by atoms with E-state index in [1.54, 1.807) is 24.3 Å². The van der Waals surface area contributed by atoms with E-state index < -0.39 is 7.12 Å². The Morgan fingerprint density at radius 1 is 1.07 bits per heavy atom. The molecule has 0 aliphatic carbocycles. The Labute approximate surface area is 87.4 Å². The minimum Gasteiger partial charge on any atom is -0.423 e. The molecule has 0 amide bonds. The van der Waals surface area contributed by atoms with Crippen LogP contribution in [0.3, 0.4) is 0 Å². The van der Waals surface area contributed by atoms with Crippen LogP contribution in [0.15, 0.2) is 36.4 Å². The number of nitrogens with zero attached hydrogens (tertiary/aromatic N) is 1. The van der Waals surface area contributed by atoms with Crippen molar-refractivity contribution in [2.75, 3.05) is 0 Å². The molecule has 0 aliphatic heterocycles. The van der Waals surface area contributed by atoms with Gasteiger partial charge in [-0.25, -0.2) is 0 Å². The zero-order chi connectivity index (χ0) is 10.8. The molecule has 0 heterocycles. The van der Waals surface area contributed by atoms with Crippen molar-refractivity contribution in [3.63, 3.8) is 0 Å². The third-order valence-corrected chi connectivity index (χ3v) is 2.34. The van der Waals surface area contributed by atoms with E-state index in [1.807, 2.05) is 18.2 Å². The molecule has 0 fully saturated rings. The van der Waals surface area contributed by atoms with E-state index in [9.17, 15) is 10.0 Å². The second kappa shape index (κ2) is 3.74. The second-order valence-corrected chi connectivity index (χ2v) is 3.24. The first-order valence-corrected chi connectivity index (χ1v) is 4.52. The van der Waals surface area contributed by atoms with Crippen molar-refractivity contribution in [3.8, 4) is 6.07 Å². The lowest BCUT2D eigenvalue weighted by Crippen LogP contribution is -2.30. The van der Waals surface area contributed by atoms with E-state index >= 15 is 0 Å². The Morgan fingerprint density at radius 2 is 1.73 bits per heavy atom. The fraction of sp³-hybridized carbons (Fsp3) is 0. The van der Waals surface area contributed by atoms with E-state index in [-0.39, 0.29) is 0 Å². The van der Waals surface area contributed by atoms with Crippen LogP contribution in [0.2, 0.25) is 0 Å². The molecule has 0 unspecified atom stereocenters. The maximum Gasteiger partial charge on any atom is 0.489 e. The van der Waals surface area contributed by atoms with Gasteiger partial charge in [0.1, 0.15) is 0 Å². The smallest absolute Gasteiger partial charge is 0.423 e. The molecule has 4 heteroatoms. The fourth-order valence-electron chi connectivity index (χ4n) is 1.68. The summed E-state index contributed by atoms with van der Waals surface area (Å²) in [5, 5.41) is 28.7. The van der Waals surface area contributed by atoms with Crippen molar-refractivity contribution < 1.29 is 10.0 Å². The van der Waals surface area contributed by atoms with Gasteiger partial charge in [0, 0.05) is 0 Å². The quantitative estimate of drug-likeness (QED) is 0.650. The summed E-state index contributed by atoms with van der Waals surface area (Å²) in [6.45, 7) is 0. The molecule has 0 aliphatic rings. The molecular formula is C11H8BNO2. The second-order valence-electron chi connectivity index (χ2n) is 3.24. The van der Waals surface area contributed by atoms with Crippen LogP contribution in [0.5, 0.6) is 0 Å². The summed E-state index contributed by atoms with van der Waals surface area (Å²) >= 11 is 0. The van der Waals surface area contributed by atoms with E-state index in [4.69, 9.17) is 5.26 Å². The highest BCUT2D eigenvalue weighted by atomic mass is 16.4. The topological polar surface area (TPSA) is 64.2 Å². The maximum absolute atomic E-state index is 9.19. The molecular weight excluding hydrogens is 189 g/mol. The van der Waals surface area contributed by atoms with Crippen LogP contribution in [-0.4, -0.2) is 17.2 Å². The first kappa shape index (κ1) is 9.72. The lowest BCUT2D eigenvalue weighted by atomic mass is 9.76. The monoisotopic (exact) mass is 197 g/mol. The largest absolute Gasteiger partial charge is 0.489 e. The highest BCUT2D eigenvalue weighted by molar-refractivity contribution is 6.62. The zero-order valence-corrected chi connectivity index (χ0v) is 7.88. The third kappa shape index (κ3) is 1.59. The number of benzene rings is 2. The molecule has 0 spiro atoms. The van der Waals surface area contributed by atoms with Crippen molar-refractivity contribution in [1.82, 2.24) is 0 Å². The van der Waals surface area contributed by atoms with Crippen LogP contribution >= 0.6 is 0 Å². The van der Waals surface area contributed by atoms with Crippen LogP contribution in [0.1, 0.15) is 5.56 Å². The molecule has 0 atom stereocenters. The van der Waals surface area contributed by atoms with Gasteiger partial charge < -0.3 is 10.0 Å². The molecule has 2 N–H and O–H groups in total. The maximum atomic E-state index is 9.19. The molecule has 15 heavy (non-hydrogen) atoms. The Kier molecular flexibility index (Phi) is 2.42. The van der Waals surface area contributed by atoms with Gasteiger partial charge in [-0.3, -0.25) is 0 Å². The van der Waals surface area contributed by atoms with E-state index in [2.05, 4.69) is 0 Å². The molecule has 2 aromatic carbocycles. The Hall–Kier alpha value is -1.83. The minimum absolute atomic E-state index is 0.365. The van der Waals surface area contributed by atoms with Gasteiger partial charge in [-0.2, -0.15) is 5.26 Å². The van der Waals surface area contributed by atoms with Crippen molar-refractivity contribution in [2.45, 2.75) is 0 Å². The molecule has 0 saturated heterocycles. The fourth-order valence-corrected chi connectivity index (χ4v) is 1.68. The average Bonchev–Trinajstić information content (AvgIpc) is 2.27. The molecule has 0 bridgehead atoms. The standard InChI is InChI=1S/C11H8BNO2/c13-7-9-5-1-3-8-4-2-6-10(11(8)9)12(14)15/h1-6,14-15H. The van der Waals surface area contributed by atoms with Gasteiger partial charge in [-0.15, -0.1) is 0 Å². The van der Waals surface area contributed by atoms with E-state index in [1.165, 1.54) is 0 Å². The summed E-state index contributed by atoms with van der Waals surface area (Å²) in [6, 6.07) is 12.5. The zero-order valence-electron chi connectivity index (χ0n) is 7.88. The Balaban J connectivity index is 2.89. The molecule has 3 nitrogen and oxygen atoms in total. The number of hydrogen-bond acceptors (Lipinski definition) is 3. The van der Waals surface area contributed by atoms with E-state index in [0.717, 1.165) is 5.39 Å². The normalized spacial score (nSPS) is 9.93. The van der Waals surface area contributed by atoms with Crippen molar-refractivity contribution in [3.05, 3.63) is 42.0 Å². The summed E-state index contributed by atoms with van der Waals surface area (Å²) in [4.78, 5) is 0. The summed E-state index contributed by atoms with van der Waals surface area (Å²) in [5.41, 5.74) is 0.820. The van der Waals surface area contributed by atoms with Gasteiger partial charge in [-0.05, 0) is 22.3 Å². The van der Waals surface area contributed by atoms with Crippen LogP contribution in [-0.2, 0) is 0 Å². The molecule has 0 aromatic heterocycles. The van der Waals surface area contributed by atoms with Gasteiger partial charge in [0.2, 0.25) is 0 Å². The number of rotatable bonds is 1. The molecule has 72 valence electrons. The third-order valence-electron chi connectivity index (χ3n) is 2.34. The predicted octanol–water partition coefficient (Wildman–Crippen LogP) is 0.391. The van der Waals surface area contributed by atoms with Crippen LogP contribution in [0.4, 0.5) is 0 Å². The van der Waals surface area contributed by atoms with Gasteiger partial charge in [0.05, 0.1) is 11.6 Å². The van der Waals surface area contributed by atoms with Crippen molar-refractivity contribution in [1.29, 1.82) is 5.26 Å². The van der Waals surface area contributed by atoms with Crippen LogP contribution in [0.25, 0.3) is 10.8 Å². The van der Waals surface area contributed by atoms with Gasteiger partial charge in [0.15, 0.2) is 0 Å². The number of fused-ring (bicyclic) bond motifs is 1. The van der Waals surface area contributed by atoms with Crippen molar-refractivity contribution in [2.24, 2.45) is 0 Å². The summed E-state index contributed by atoms with van der Waals surface area (Å²) in [6.07, 6.45) is 0. The van der Waals surface area contributed by atoms with Crippen molar-refractivity contribution >= 4 is 23.4 Å². The highest BCUT2D eigenvalue weighted by Gasteiger charge is 2.16. The lowest BCUT2D eigenvalue weighted by Gasteiger charge is -2.06. The van der Waals surface area contributed by atoms with Gasteiger partial charge in [-0.1, -0.05) is 30.3 Å². The average molecular weight is 197 g/mol. The predicted molar refractivity (Wildman–Crippen MR) is 58.5 cm³/mol. The molecule has 0 radical (unpaired) electrons. The van der Waals surface area contributed by atoms with Crippen LogP contribution < -0.4 is 5.46 Å². The highest BCUT2D eigenvalue weighted by Crippen LogP contribution is 2.16. The van der Waals surface area contributed by atoms with Gasteiger partial charge >= 0.3 is 7.12 Å². The Bertz CT molecular complexity index is 541. The first-order valence-electron chi connectivity index (χ1n) is 4.52. The summed E-state index contributed by atoms with van der Waals surface area (Å²) in [5.74, 6) is 0. The summed E-state index contributed by atoms with van der Waals surface area (Å²) < 4.78 is 0. The van der Waals surface area contributed by atoms with Gasteiger partial charge in [0.25, 0.3) is 0 Å². The summed E-state index contributed by atoms with van der Waals surface area (Å²) in [7, 11) is -1.55.